The van der Waals surface area contributed by atoms with Gasteiger partial charge in [-0.2, -0.15) is 0 Å². The minimum atomic E-state index is -3.78. The van der Waals surface area contributed by atoms with Gasteiger partial charge in [-0.1, -0.05) is 36.4 Å². The molecule has 4 aromatic rings. The highest BCUT2D eigenvalue weighted by Crippen LogP contribution is 2.22. The van der Waals surface area contributed by atoms with E-state index in [0.29, 0.717) is 28.2 Å². The third-order valence-corrected chi connectivity index (χ3v) is 8.01. The fraction of sp³-hybridized carbons (Fsp3) is 0.0385. The monoisotopic (exact) mass is 521 g/mol. The molecule has 0 atom stereocenters. The van der Waals surface area contributed by atoms with E-state index in [1.54, 1.807) is 61.5 Å². The highest BCUT2D eigenvalue weighted by atomic mass is 32.2. The Morgan fingerprint density at radius 1 is 0.611 bits per heavy atom. The summed E-state index contributed by atoms with van der Waals surface area (Å²) < 4.78 is 55.3. The first kappa shape index (κ1) is 25.0. The second-order valence-electron chi connectivity index (χ2n) is 7.90. The van der Waals surface area contributed by atoms with Crippen LogP contribution in [0.3, 0.4) is 0 Å². The van der Waals surface area contributed by atoms with Crippen LogP contribution in [-0.4, -0.2) is 22.7 Å². The molecular weight excluding hydrogens is 498 g/mol. The van der Waals surface area contributed by atoms with E-state index in [1.807, 2.05) is 0 Å². The normalized spacial score (nSPS) is 11.5. The molecule has 0 fully saturated rings. The first-order valence-electron chi connectivity index (χ1n) is 10.8. The molecule has 0 saturated heterocycles. The summed E-state index contributed by atoms with van der Waals surface area (Å²) in [4.78, 5) is 12.9. The molecule has 0 aliphatic rings. The molecule has 8 nitrogen and oxygen atoms in total. The van der Waals surface area contributed by atoms with Crippen LogP contribution >= 0.6 is 0 Å². The van der Waals surface area contributed by atoms with Gasteiger partial charge in [-0.3, -0.25) is 14.2 Å². The van der Waals surface area contributed by atoms with Crippen LogP contribution < -0.4 is 14.8 Å². The molecular formula is C26H23N3O5S2. The second kappa shape index (κ2) is 10.2. The predicted octanol–water partition coefficient (Wildman–Crippen LogP) is 4.85. The SMILES string of the molecule is Cc1cc(C(=O)Nc2ccc(S(=O)(=O)Nc3ccccc3)cc2)ccc1NS(=O)(=O)c1ccccc1. The maximum atomic E-state index is 12.7. The number of carbonyl (C=O) groups is 1. The zero-order valence-electron chi connectivity index (χ0n) is 19.2. The lowest BCUT2D eigenvalue weighted by molar-refractivity contribution is 0.102. The van der Waals surface area contributed by atoms with Gasteiger partial charge < -0.3 is 5.32 Å². The van der Waals surface area contributed by atoms with Gasteiger partial charge in [0, 0.05) is 16.9 Å². The van der Waals surface area contributed by atoms with Crippen LogP contribution in [0.15, 0.2) is 113 Å². The van der Waals surface area contributed by atoms with Crippen molar-refractivity contribution in [3.63, 3.8) is 0 Å². The van der Waals surface area contributed by atoms with Crippen LogP contribution in [0.2, 0.25) is 0 Å². The second-order valence-corrected chi connectivity index (χ2v) is 11.3. The summed E-state index contributed by atoms with van der Waals surface area (Å²) in [7, 11) is -7.53. The number of para-hydroxylation sites is 1. The van der Waals surface area contributed by atoms with E-state index in [2.05, 4.69) is 14.8 Å². The molecule has 0 aromatic heterocycles. The summed E-state index contributed by atoms with van der Waals surface area (Å²) in [6, 6.07) is 26.9. The van der Waals surface area contributed by atoms with Crippen molar-refractivity contribution in [3.05, 3.63) is 114 Å². The molecule has 0 radical (unpaired) electrons. The molecule has 0 bridgehead atoms. The van der Waals surface area contributed by atoms with E-state index in [4.69, 9.17) is 0 Å². The van der Waals surface area contributed by atoms with E-state index in [0.717, 1.165) is 0 Å². The minimum absolute atomic E-state index is 0.0512. The van der Waals surface area contributed by atoms with Gasteiger partial charge in [0.1, 0.15) is 0 Å². The lowest BCUT2D eigenvalue weighted by atomic mass is 10.1. The summed E-state index contributed by atoms with van der Waals surface area (Å²) in [6.07, 6.45) is 0. The number of nitrogens with one attached hydrogen (secondary N) is 3. The molecule has 0 heterocycles. The average Bonchev–Trinajstić information content (AvgIpc) is 2.86. The molecule has 4 rings (SSSR count). The standard InChI is InChI=1S/C26H23N3O5S2/c1-19-18-20(12-17-25(19)29-36(33,34)23-10-6-3-7-11-23)26(30)27-21-13-15-24(16-14-21)35(31,32)28-22-8-4-2-5-9-22/h2-18,28-29H,1H3,(H,27,30). The number of benzene rings is 4. The van der Waals surface area contributed by atoms with Crippen LogP contribution in [0, 0.1) is 6.92 Å². The molecule has 10 heteroatoms. The molecule has 184 valence electrons. The summed E-state index contributed by atoms with van der Waals surface area (Å²) in [6.45, 7) is 1.69. The Kier molecular flexibility index (Phi) is 7.09. The molecule has 1 amide bonds. The average molecular weight is 522 g/mol. The summed E-state index contributed by atoms with van der Waals surface area (Å²) in [5.41, 5.74) is 2.09. The van der Waals surface area contributed by atoms with E-state index in [9.17, 15) is 21.6 Å². The van der Waals surface area contributed by atoms with Gasteiger partial charge in [-0.05, 0) is 79.2 Å². The van der Waals surface area contributed by atoms with Crippen LogP contribution in [0.4, 0.5) is 17.1 Å². The number of aryl methyl sites for hydroxylation is 1. The number of rotatable bonds is 8. The molecule has 36 heavy (non-hydrogen) atoms. The molecule has 0 spiro atoms. The fourth-order valence-corrected chi connectivity index (χ4v) is 5.57. The van der Waals surface area contributed by atoms with Gasteiger partial charge >= 0.3 is 0 Å². The van der Waals surface area contributed by atoms with E-state index >= 15 is 0 Å². The lowest BCUT2D eigenvalue weighted by Crippen LogP contribution is -2.15. The molecule has 0 saturated carbocycles. The van der Waals surface area contributed by atoms with Crippen molar-refractivity contribution in [2.45, 2.75) is 16.7 Å². The fourth-order valence-electron chi connectivity index (χ4n) is 3.36. The molecule has 0 aliphatic carbocycles. The van der Waals surface area contributed by atoms with Crippen molar-refractivity contribution < 1.29 is 21.6 Å². The van der Waals surface area contributed by atoms with Gasteiger partial charge in [-0.15, -0.1) is 0 Å². The van der Waals surface area contributed by atoms with Gasteiger partial charge in [0.25, 0.3) is 26.0 Å². The summed E-state index contributed by atoms with van der Waals surface area (Å²) >= 11 is 0. The molecule has 3 N–H and O–H groups in total. The Bertz CT molecular complexity index is 1590. The van der Waals surface area contributed by atoms with Crippen LogP contribution in [-0.2, 0) is 20.0 Å². The Morgan fingerprint density at radius 2 is 1.17 bits per heavy atom. The highest BCUT2D eigenvalue weighted by molar-refractivity contribution is 7.93. The maximum Gasteiger partial charge on any atom is 0.261 e. The van der Waals surface area contributed by atoms with Gasteiger partial charge in [-0.25, -0.2) is 16.8 Å². The first-order chi connectivity index (χ1) is 17.1. The Morgan fingerprint density at radius 3 is 1.78 bits per heavy atom. The predicted molar refractivity (Wildman–Crippen MR) is 140 cm³/mol. The third-order valence-electron chi connectivity index (χ3n) is 5.23. The Hall–Kier alpha value is -4.15. The van der Waals surface area contributed by atoms with Crippen molar-refractivity contribution >= 4 is 43.0 Å². The van der Waals surface area contributed by atoms with Gasteiger partial charge in [0.05, 0.1) is 15.5 Å². The Balaban J connectivity index is 1.44. The summed E-state index contributed by atoms with van der Waals surface area (Å²) in [5, 5.41) is 2.71. The van der Waals surface area contributed by atoms with Crippen molar-refractivity contribution in [1.82, 2.24) is 0 Å². The summed E-state index contributed by atoms with van der Waals surface area (Å²) in [5.74, 6) is -0.423. The molecule has 4 aromatic carbocycles. The van der Waals surface area contributed by atoms with Crippen LogP contribution in [0.5, 0.6) is 0 Å². The smallest absolute Gasteiger partial charge is 0.261 e. The number of hydrogen-bond donors (Lipinski definition) is 3. The van der Waals surface area contributed by atoms with Gasteiger partial charge in [0.15, 0.2) is 0 Å². The third kappa shape index (κ3) is 5.91. The topological polar surface area (TPSA) is 121 Å². The number of hydrogen-bond acceptors (Lipinski definition) is 5. The van der Waals surface area contributed by atoms with Crippen molar-refractivity contribution in [1.29, 1.82) is 0 Å². The number of amides is 1. The number of carbonyl (C=O) groups excluding carboxylic acids is 1. The van der Waals surface area contributed by atoms with Crippen molar-refractivity contribution in [2.75, 3.05) is 14.8 Å². The van der Waals surface area contributed by atoms with Gasteiger partial charge in [0.2, 0.25) is 0 Å². The molecule has 0 aliphatic heterocycles. The van der Waals surface area contributed by atoms with E-state index < -0.39 is 26.0 Å². The van der Waals surface area contributed by atoms with E-state index in [1.165, 1.54) is 48.5 Å². The van der Waals surface area contributed by atoms with Crippen molar-refractivity contribution in [3.8, 4) is 0 Å². The molecule has 0 unspecified atom stereocenters. The van der Waals surface area contributed by atoms with Crippen LogP contribution in [0.25, 0.3) is 0 Å². The number of sulfonamides is 2. The first-order valence-corrected chi connectivity index (χ1v) is 13.8. The van der Waals surface area contributed by atoms with Crippen LogP contribution in [0.1, 0.15) is 15.9 Å². The zero-order chi connectivity index (χ0) is 25.8. The van der Waals surface area contributed by atoms with Crippen molar-refractivity contribution in [2.24, 2.45) is 0 Å². The quantitative estimate of drug-likeness (QED) is 0.306. The van der Waals surface area contributed by atoms with E-state index in [-0.39, 0.29) is 9.79 Å². The largest absolute Gasteiger partial charge is 0.322 e. The zero-order valence-corrected chi connectivity index (χ0v) is 20.8. The lowest BCUT2D eigenvalue weighted by Gasteiger charge is -2.12. The minimum Gasteiger partial charge on any atom is -0.322 e. The highest BCUT2D eigenvalue weighted by Gasteiger charge is 2.17. The number of anilines is 3. The Labute approximate surface area is 210 Å². The maximum absolute atomic E-state index is 12.7.